The van der Waals surface area contributed by atoms with Crippen molar-refractivity contribution in [1.82, 2.24) is 0 Å². The van der Waals surface area contributed by atoms with Crippen molar-refractivity contribution < 1.29 is 9.53 Å². The molecule has 3 aliphatic rings. The first kappa shape index (κ1) is 13.1. The average molecular weight is 286 g/mol. The first-order valence-electron chi connectivity index (χ1n) is 8.14. The van der Waals surface area contributed by atoms with Gasteiger partial charge in [0.25, 0.3) is 5.91 Å². The molecule has 4 rings (SSSR count). The molecule has 2 saturated heterocycles. The van der Waals surface area contributed by atoms with Gasteiger partial charge in [0, 0.05) is 37.6 Å². The molecule has 112 valence electrons. The van der Waals surface area contributed by atoms with Crippen molar-refractivity contribution >= 4 is 17.3 Å². The predicted octanol–water partition coefficient (Wildman–Crippen LogP) is 2.35. The number of amides is 1. The second kappa shape index (κ2) is 5.34. The molecular weight excluding hydrogens is 264 g/mol. The predicted molar refractivity (Wildman–Crippen MR) is 82.9 cm³/mol. The standard InChI is InChI=1S/C17H22N2O2/c20-17(16-4-3-11-21-16)19-10-7-13-12-14(5-6-15(13)19)18-8-1-2-9-18/h5-6,12,16H,1-4,7-11H2. The molecule has 0 bridgehead atoms. The maximum atomic E-state index is 12.5. The Labute approximate surface area is 125 Å². The van der Waals surface area contributed by atoms with Gasteiger partial charge < -0.3 is 14.5 Å². The van der Waals surface area contributed by atoms with E-state index in [0.29, 0.717) is 0 Å². The van der Waals surface area contributed by atoms with Gasteiger partial charge in [-0.15, -0.1) is 0 Å². The van der Waals surface area contributed by atoms with Crippen molar-refractivity contribution in [2.45, 2.75) is 38.2 Å². The monoisotopic (exact) mass is 286 g/mol. The first-order chi connectivity index (χ1) is 10.3. The summed E-state index contributed by atoms with van der Waals surface area (Å²) in [5, 5.41) is 0. The highest BCUT2D eigenvalue weighted by Crippen LogP contribution is 2.34. The molecular formula is C17H22N2O2. The summed E-state index contributed by atoms with van der Waals surface area (Å²) >= 11 is 0. The quantitative estimate of drug-likeness (QED) is 0.836. The van der Waals surface area contributed by atoms with Crippen molar-refractivity contribution in [3.63, 3.8) is 0 Å². The number of anilines is 2. The molecule has 1 unspecified atom stereocenters. The van der Waals surface area contributed by atoms with E-state index in [1.807, 2.05) is 4.90 Å². The molecule has 0 aromatic heterocycles. The maximum Gasteiger partial charge on any atom is 0.256 e. The average Bonchev–Trinajstić information content (AvgIpc) is 3.25. The number of ether oxygens (including phenoxy) is 1. The van der Waals surface area contributed by atoms with Crippen molar-refractivity contribution in [3.8, 4) is 0 Å². The fourth-order valence-electron chi connectivity index (χ4n) is 3.74. The largest absolute Gasteiger partial charge is 0.372 e. The summed E-state index contributed by atoms with van der Waals surface area (Å²) in [6.45, 7) is 3.86. The topological polar surface area (TPSA) is 32.8 Å². The molecule has 3 heterocycles. The second-order valence-electron chi connectivity index (χ2n) is 6.25. The van der Waals surface area contributed by atoms with Crippen molar-refractivity contribution in [1.29, 1.82) is 0 Å². The van der Waals surface area contributed by atoms with Crippen LogP contribution < -0.4 is 9.80 Å². The Morgan fingerprint density at radius 2 is 2.00 bits per heavy atom. The van der Waals surface area contributed by atoms with Gasteiger partial charge in [-0.05, 0) is 55.9 Å². The van der Waals surface area contributed by atoms with Crippen LogP contribution in [0.25, 0.3) is 0 Å². The van der Waals surface area contributed by atoms with Crippen LogP contribution in [0.15, 0.2) is 18.2 Å². The van der Waals surface area contributed by atoms with E-state index in [9.17, 15) is 4.79 Å². The number of hydrogen-bond acceptors (Lipinski definition) is 3. The molecule has 3 aliphatic heterocycles. The second-order valence-corrected chi connectivity index (χ2v) is 6.25. The van der Waals surface area contributed by atoms with Crippen molar-refractivity contribution in [3.05, 3.63) is 23.8 Å². The van der Waals surface area contributed by atoms with Gasteiger partial charge in [0.15, 0.2) is 0 Å². The molecule has 2 fully saturated rings. The third-order valence-corrected chi connectivity index (χ3v) is 4.90. The van der Waals surface area contributed by atoms with Gasteiger partial charge >= 0.3 is 0 Å². The van der Waals surface area contributed by atoms with Gasteiger partial charge in [-0.2, -0.15) is 0 Å². The highest BCUT2D eigenvalue weighted by atomic mass is 16.5. The van der Waals surface area contributed by atoms with Gasteiger partial charge in [-0.3, -0.25) is 4.79 Å². The van der Waals surface area contributed by atoms with Crippen molar-refractivity contribution in [2.24, 2.45) is 0 Å². The van der Waals surface area contributed by atoms with Crippen LogP contribution in [0.5, 0.6) is 0 Å². The SMILES string of the molecule is O=C(C1CCCO1)N1CCc2cc(N3CCCC3)ccc21. The van der Waals surface area contributed by atoms with E-state index in [-0.39, 0.29) is 12.0 Å². The van der Waals surface area contributed by atoms with E-state index < -0.39 is 0 Å². The lowest BCUT2D eigenvalue weighted by molar-refractivity contribution is -0.127. The Morgan fingerprint density at radius 1 is 1.14 bits per heavy atom. The van der Waals surface area contributed by atoms with Crippen LogP contribution in [0.3, 0.4) is 0 Å². The molecule has 0 aliphatic carbocycles. The van der Waals surface area contributed by atoms with Crippen LogP contribution in [-0.4, -0.2) is 38.3 Å². The van der Waals surface area contributed by atoms with Crippen molar-refractivity contribution in [2.75, 3.05) is 36.0 Å². The molecule has 0 spiro atoms. The van der Waals surface area contributed by atoms with Gasteiger partial charge in [0.1, 0.15) is 6.10 Å². The van der Waals surface area contributed by atoms with Crippen LogP contribution in [0.2, 0.25) is 0 Å². The lowest BCUT2D eigenvalue weighted by Gasteiger charge is -2.22. The number of nitrogens with zero attached hydrogens (tertiary/aromatic N) is 2. The molecule has 0 saturated carbocycles. The Kier molecular flexibility index (Phi) is 3.34. The summed E-state index contributed by atoms with van der Waals surface area (Å²) in [5.41, 5.74) is 3.72. The molecule has 4 heteroatoms. The Bertz CT molecular complexity index is 546. The minimum Gasteiger partial charge on any atom is -0.372 e. The fourth-order valence-corrected chi connectivity index (χ4v) is 3.74. The molecule has 1 amide bonds. The first-order valence-corrected chi connectivity index (χ1v) is 8.14. The smallest absolute Gasteiger partial charge is 0.256 e. The summed E-state index contributed by atoms with van der Waals surface area (Å²) < 4.78 is 5.55. The Balaban J connectivity index is 1.56. The van der Waals surface area contributed by atoms with E-state index in [2.05, 4.69) is 23.1 Å². The van der Waals surface area contributed by atoms with Crippen LogP contribution in [-0.2, 0) is 16.0 Å². The summed E-state index contributed by atoms with van der Waals surface area (Å²) in [6, 6.07) is 6.58. The van der Waals surface area contributed by atoms with Gasteiger partial charge in [-0.1, -0.05) is 0 Å². The van der Waals surface area contributed by atoms with E-state index in [4.69, 9.17) is 4.74 Å². The molecule has 21 heavy (non-hydrogen) atoms. The minimum atomic E-state index is -0.214. The zero-order chi connectivity index (χ0) is 14.2. The molecule has 0 N–H and O–H groups in total. The fraction of sp³-hybridized carbons (Fsp3) is 0.588. The third kappa shape index (κ3) is 2.31. The lowest BCUT2D eigenvalue weighted by Crippen LogP contribution is -2.37. The number of carbonyl (C=O) groups excluding carboxylic acids is 1. The number of hydrogen-bond donors (Lipinski definition) is 0. The number of fused-ring (bicyclic) bond motifs is 1. The minimum absolute atomic E-state index is 0.153. The summed E-state index contributed by atoms with van der Waals surface area (Å²) in [7, 11) is 0. The highest BCUT2D eigenvalue weighted by Gasteiger charge is 2.32. The van der Waals surface area contributed by atoms with Crippen LogP contribution >= 0.6 is 0 Å². The highest BCUT2D eigenvalue weighted by molar-refractivity contribution is 5.98. The van der Waals surface area contributed by atoms with Crippen LogP contribution in [0.1, 0.15) is 31.2 Å². The molecule has 1 aromatic carbocycles. The van der Waals surface area contributed by atoms with Gasteiger partial charge in [-0.25, -0.2) is 0 Å². The Hall–Kier alpha value is -1.55. The van der Waals surface area contributed by atoms with Crippen LogP contribution in [0.4, 0.5) is 11.4 Å². The number of benzene rings is 1. The zero-order valence-corrected chi connectivity index (χ0v) is 12.4. The van der Waals surface area contributed by atoms with E-state index >= 15 is 0 Å². The number of rotatable bonds is 2. The zero-order valence-electron chi connectivity index (χ0n) is 12.4. The summed E-state index contributed by atoms with van der Waals surface area (Å²) in [4.78, 5) is 16.9. The third-order valence-electron chi connectivity index (χ3n) is 4.90. The van der Waals surface area contributed by atoms with E-state index in [1.54, 1.807) is 0 Å². The molecule has 0 radical (unpaired) electrons. The van der Waals surface area contributed by atoms with Gasteiger partial charge in [0.05, 0.1) is 0 Å². The molecule has 1 atom stereocenters. The van der Waals surface area contributed by atoms with Crippen LogP contribution in [0, 0.1) is 0 Å². The van der Waals surface area contributed by atoms with Gasteiger partial charge in [0.2, 0.25) is 0 Å². The summed E-state index contributed by atoms with van der Waals surface area (Å²) in [6.07, 6.45) is 5.22. The van der Waals surface area contributed by atoms with E-state index in [0.717, 1.165) is 51.2 Å². The van der Waals surface area contributed by atoms with E-state index in [1.165, 1.54) is 24.1 Å². The Morgan fingerprint density at radius 3 is 2.76 bits per heavy atom. The lowest BCUT2D eigenvalue weighted by atomic mass is 10.1. The normalized spacial score (nSPS) is 24.7. The summed E-state index contributed by atoms with van der Waals surface area (Å²) in [5.74, 6) is 0.153. The number of carbonyl (C=O) groups is 1. The molecule has 1 aromatic rings. The molecule has 4 nitrogen and oxygen atoms in total. The maximum absolute atomic E-state index is 12.5.